The van der Waals surface area contributed by atoms with Crippen LogP contribution in [0.1, 0.15) is 11.7 Å². The molecule has 3 aromatic carbocycles. The first kappa shape index (κ1) is 19.7. The highest BCUT2D eigenvalue weighted by atomic mass is 19.1. The molecule has 7 nitrogen and oxygen atoms in total. The molecule has 0 fully saturated rings. The van der Waals surface area contributed by atoms with Crippen molar-refractivity contribution in [3.05, 3.63) is 88.5 Å². The lowest BCUT2D eigenvalue weighted by Crippen LogP contribution is -2.32. The highest BCUT2D eigenvalue weighted by Crippen LogP contribution is 2.38. The van der Waals surface area contributed by atoms with E-state index in [9.17, 15) is 9.18 Å². The van der Waals surface area contributed by atoms with Gasteiger partial charge in [-0.15, -0.1) is 0 Å². The first-order valence-electron chi connectivity index (χ1n) is 9.93. The predicted octanol–water partition coefficient (Wildman–Crippen LogP) is 4.10. The molecule has 1 aliphatic rings. The molecule has 0 bridgehead atoms. The average Bonchev–Trinajstić information content (AvgIpc) is 2.83. The standard InChI is InChI=1S/C24H19FN4O3/c1-31-19-12-9-15(13-20(19)32-2)22-26-18-6-4-3-5-17(18)23-27-24(30)21(28-29(22)23)14-7-10-16(25)11-8-14/h3-13,22,26H,1-2H3/t22-/m1/s1. The molecule has 0 unspecified atom stereocenters. The van der Waals surface area contributed by atoms with E-state index in [4.69, 9.17) is 9.47 Å². The van der Waals surface area contributed by atoms with Gasteiger partial charge in [0.2, 0.25) is 0 Å². The second-order valence-electron chi connectivity index (χ2n) is 7.25. The van der Waals surface area contributed by atoms with Crippen LogP contribution in [0.25, 0.3) is 22.6 Å². The number of nitrogens with one attached hydrogen (secondary N) is 1. The molecule has 1 aromatic heterocycles. The molecule has 1 N–H and O–H groups in total. The Bertz CT molecular complexity index is 1370. The van der Waals surface area contributed by atoms with E-state index >= 15 is 0 Å². The molecule has 160 valence electrons. The number of hydrogen-bond acceptors (Lipinski definition) is 6. The van der Waals surface area contributed by atoms with Gasteiger partial charge in [0, 0.05) is 22.4 Å². The van der Waals surface area contributed by atoms with Crippen molar-refractivity contribution in [3.63, 3.8) is 0 Å². The SMILES string of the molecule is COc1ccc([C@@H]2Nc3ccccc3-c3nc(=O)c(-c4ccc(F)cc4)nn32)cc1OC. The lowest BCUT2D eigenvalue weighted by Gasteiger charge is -2.30. The van der Waals surface area contributed by atoms with E-state index < -0.39 is 17.5 Å². The van der Waals surface area contributed by atoms with Crippen LogP contribution in [0.4, 0.5) is 10.1 Å². The number of para-hydroxylation sites is 1. The summed E-state index contributed by atoms with van der Waals surface area (Å²) in [5.41, 5.74) is 2.58. The molecule has 0 amide bonds. The molecular formula is C24H19FN4O3. The van der Waals surface area contributed by atoms with Gasteiger partial charge in [0.1, 0.15) is 12.0 Å². The molecule has 0 aliphatic carbocycles. The fourth-order valence-corrected chi connectivity index (χ4v) is 3.81. The lowest BCUT2D eigenvalue weighted by molar-refractivity contribution is 0.354. The molecule has 1 atom stereocenters. The van der Waals surface area contributed by atoms with Crippen LogP contribution in [-0.2, 0) is 0 Å². The van der Waals surface area contributed by atoms with Crippen LogP contribution in [0.15, 0.2) is 71.5 Å². The van der Waals surface area contributed by atoms with E-state index in [2.05, 4.69) is 15.4 Å². The molecule has 1 aliphatic heterocycles. The smallest absolute Gasteiger partial charge is 0.300 e. The maximum absolute atomic E-state index is 13.4. The van der Waals surface area contributed by atoms with E-state index in [1.807, 2.05) is 42.5 Å². The third-order valence-electron chi connectivity index (χ3n) is 5.38. The number of fused-ring (bicyclic) bond motifs is 3. The fourth-order valence-electron chi connectivity index (χ4n) is 3.81. The Morgan fingerprint density at radius 1 is 0.969 bits per heavy atom. The van der Waals surface area contributed by atoms with Crippen molar-refractivity contribution < 1.29 is 13.9 Å². The van der Waals surface area contributed by atoms with E-state index in [0.717, 1.165) is 16.8 Å². The maximum Gasteiger partial charge on any atom is 0.300 e. The van der Waals surface area contributed by atoms with Crippen LogP contribution in [0.3, 0.4) is 0 Å². The number of halogens is 1. The second-order valence-corrected chi connectivity index (χ2v) is 7.25. The highest BCUT2D eigenvalue weighted by Gasteiger charge is 2.28. The first-order chi connectivity index (χ1) is 15.6. The van der Waals surface area contributed by atoms with Crippen molar-refractivity contribution in [2.24, 2.45) is 0 Å². The van der Waals surface area contributed by atoms with Gasteiger partial charge in [0.15, 0.2) is 23.0 Å². The molecule has 0 radical (unpaired) electrons. The van der Waals surface area contributed by atoms with Gasteiger partial charge in [-0.05, 0) is 48.5 Å². The Hall–Kier alpha value is -4.20. The highest BCUT2D eigenvalue weighted by molar-refractivity contribution is 5.76. The van der Waals surface area contributed by atoms with Crippen LogP contribution in [0, 0.1) is 5.82 Å². The number of hydrogen-bond donors (Lipinski definition) is 1. The number of ether oxygens (including phenoxy) is 2. The Morgan fingerprint density at radius 2 is 1.72 bits per heavy atom. The molecule has 0 saturated heterocycles. The lowest BCUT2D eigenvalue weighted by atomic mass is 10.1. The summed E-state index contributed by atoms with van der Waals surface area (Å²) in [6.07, 6.45) is -0.466. The van der Waals surface area contributed by atoms with Gasteiger partial charge in [-0.1, -0.05) is 18.2 Å². The predicted molar refractivity (Wildman–Crippen MR) is 118 cm³/mol. The Kier molecular flexibility index (Phi) is 4.82. The summed E-state index contributed by atoms with van der Waals surface area (Å²) in [5.74, 6) is 1.22. The van der Waals surface area contributed by atoms with E-state index in [1.165, 1.54) is 24.3 Å². The van der Waals surface area contributed by atoms with Crippen LogP contribution in [-0.4, -0.2) is 29.0 Å². The van der Waals surface area contributed by atoms with Crippen LogP contribution < -0.4 is 20.3 Å². The molecule has 2 heterocycles. The zero-order chi connectivity index (χ0) is 22.2. The van der Waals surface area contributed by atoms with E-state index in [1.54, 1.807) is 18.9 Å². The number of anilines is 1. The topological polar surface area (TPSA) is 78.3 Å². The monoisotopic (exact) mass is 430 g/mol. The summed E-state index contributed by atoms with van der Waals surface area (Å²) in [5, 5.41) is 8.12. The third-order valence-corrected chi connectivity index (χ3v) is 5.38. The third kappa shape index (κ3) is 3.26. The van der Waals surface area contributed by atoms with Crippen molar-refractivity contribution in [1.82, 2.24) is 14.8 Å². The minimum Gasteiger partial charge on any atom is -0.493 e. The summed E-state index contributed by atoms with van der Waals surface area (Å²) in [6, 6.07) is 18.8. The summed E-state index contributed by atoms with van der Waals surface area (Å²) >= 11 is 0. The van der Waals surface area contributed by atoms with Gasteiger partial charge in [-0.2, -0.15) is 10.1 Å². The van der Waals surface area contributed by atoms with Gasteiger partial charge in [0.05, 0.1) is 14.2 Å². The Labute approximate surface area is 183 Å². The van der Waals surface area contributed by atoms with Crippen LogP contribution in [0.5, 0.6) is 11.5 Å². The molecule has 8 heteroatoms. The number of benzene rings is 3. The van der Waals surface area contributed by atoms with Crippen LogP contribution in [0.2, 0.25) is 0 Å². The zero-order valence-corrected chi connectivity index (χ0v) is 17.4. The normalized spacial score (nSPS) is 14.2. The number of nitrogens with zero attached hydrogens (tertiary/aromatic N) is 3. The summed E-state index contributed by atoms with van der Waals surface area (Å²) in [4.78, 5) is 17.2. The molecule has 4 aromatic rings. The fraction of sp³-hybridized carbons (Fsp3) is 0.125. The van der Waals surface area contributed by atoms with Crippen molar-refractivity contribution in [3.8, 4) is 34.1 Å². The summed E-state index contributed by atoms with van der Waals surface area (Å²) in [7, 11) is 3.15. The van der Waals surface area contributed by atoms with Gasteiger partial charge >= 0.3 is 0 Å². The van der Waals surface area contributed by atoms with E-state index in [-0.39, 0.29) is 5.69 Å². The maximum atomic E-state index is 13.4. The Balaban J connectivity index is 1.72. The van der Waals surface area contributed by atoms with Gasteiger partial charge in [0.25, 0.3) is 5.56 Å². The quantitative estimate of drug-likeness (QED) is 0.525. The molecular weight excluding hydrogens is 411 g/mol. The van der Waals surface area contributed by atoms with Crippen molar-refractivity contribution in [2.45, 2.75) is 6.17 Å². The first-order valence-corrected chi connectivity index (χ1v) is 9.93. The number of methoxy groups -OCH3 is 2. The summed E-state index contributed by atoms with van der Waals surface area (Å²) in [6.45, 7) is 0. The van der Waals surface area contributed by atoms with Gasteiger partial charge in [-0.3, -0.25) is 4.79 Å². The van der Waals surface area contributed by atoms with Crippen molar-refractivity contribution in [2.75, 3.05) is 19.5 Å². The Morgan fingerprint density at radius 3 is 2.47 bits per heavy atom. The molecule has 0 saturated carbocycles. The van der Waals surface area contributed by atoms with Gasteiger partial charge in [-0.25, -0.2) is 9.07 Å². The number of rotatable bonds is 4. The molecule has 32 heavy (non-hydrogen) atoms. The summed E-state index contributed by atoms with van der Waals surface area (Å²) < 4.78 is 25.9. The zero-order valence-electron chi connectivity index (χ0n) is 17.4. The minimum atomic E-state index is -0.481. The largest absolute Gasteiger partial charge is 0.493 e. The molecule has 5 rings (SSSR count). The van der Waals surface area contributed by atoms with Crippen LogP contribution >= 0.6 is 0 Å². The average molecular weight is 430 g/mol. The molecule has 0 spiro atoms. The number of aromatic nitrogens is 3. The van der Waals surface area contributed by atoms with Gasteiger partial charge < -0.3 is 14.8 Å². The van der Waals surface area contributed by atoms with E-state index in [0.29, 0.717) is 22.9 Å². The second kappa shape index (κ2) is 7.81. The van der Waals surface area contributed by atoms with Crippen molar-refractivity contribution in [1.29, 1.82) is 0 Å². The van der Waals surface area contributed by atoms with Crippen molar-refractivity contribution >= 4 is 5.69 Å². The minimum absolute atomic E-state index is 0.139.